The minimum Gasteiger partial charge on any atom is -0.277 e. The Balaban J connectivity index is 1.86. The molecule has 1 amide bonds. The molecule has 1 aliphatic rings. The number of hydrogen-bond donors (Lipinski definition) is 0. The van der Waals surface area contributed by atoms with E-state index in [9.17, 15) is 4.79 Å². The largest absolute Gasteiger partial charge is 0.277 e. The molecule has 0 saturated heterocycles. The van der Waals surface area contributed by atoms with Crippen LogP contribution in [0.4, 0.5) is 5.69 Å². The Kier molecular flexibility index (Phi) is 3.95. The summed E-state index contributed by atoms with van der Waals surface area (Å²) in [6.07, 6.45) is 6.80. The summed E-state index contributed by atoms with van der Waals surface area (Å²) < 4.78 is 1.59. The molecule has 0 N–H and O–H groups in total. The summed E-state index contributed by atoms with van der Waals surface area (Å²) in [5.41, 5.74) is 3.36. The highest BCUT2D eigenvalue weighted by Crippen LogP contribution is 2.50. The Morgan fingerprint density at radius 2 is 1.63 bits per heavy atom. The van der Waals surface area contributed by atoms with E-state index in [0.29, 0.717) is 28.4 Å². The zero-order valence-electron chi connectivity index (χ0n) is 16.8. The molecular weight excluding hydrogens is 378 g/mol. The second-order valence-electron chi connectivity index (χ2n) is 7.72. The van der Waals surface area contributed by atoms with Crippen LogP contribution in [0.15, 0.2) is 61.2 Å². The summed E-state index contributed by atoms with van der Waals surface area (Å²) in [4.78, 5) is 28.7. The molecule has 4 aromatic rings. The van der Waals surface area contributed by atoms with Crippen molar-refractivity contribution in [2.75, 3.05) is 4.90 Å². The standard InChI is InChI=1S/C22H19N7O/c1-14-6-8-15(9-7-14)29-18(17-20-25-12-5-13-28(20)27-26-17)16(22(2,3)21(29)30)19-23-10-4-11-24-19/h4-13H,1-3H3. The van der Waals surface area contributed by atoms with Crippen molar-refractivity contribution >= 4 is 28.5 Å². The molecular formula is C22H19N7O. The van der Waals surface area contributed by atoms with E-state index in [1.807, 2.05) is 45.0 Å². The first-order valence-electron chi connectivity index (χ1n) is 9.58. The van der Waals surface area contributed by atoms with Crippen LogP contribution >= 0.6 is 0 Å². The van der Waals surface area contributed by atoms with Crippen LogP contribution in [0.3, 0.4) is 0 Å². The Labute approximate surface area is 172 Å². The topological polar surface area (TPSA) is 89.2 Å². The fourth-order valence-corrected chi connectivity index (χ4v) is 3.77. The van der Waals surface area contributed by atoms with Crippen LogP contribution in [0.2, 0.25) is 0 Å². The molecule has 0 atom stereocenters. The zero-order valence-corrected chi connectivity index (χ0v) is 16.8. The summed E-state index contributed by atoms with van der Waals surface area (Å²) in [7, 11) is 0. The molecule has 0 aliphatic carbocycles. The van der Waals surface area contributed by atoms with Crippen LogP contribution in [-0.4, -0.2) is 35.7 Å². The third-order valence-corrected chi connectivity index (χ3v) is 5.31. The molecule has 1 aromatic carbocycles. The van der Waals surface area contributed by atoms with Crippen LogP contribution < -0.4 is 4.90 Å². The maximum atomic E-state index is 13.7. The Morgan fingerprint density at radius 3 is 2.37 bits per heavy atom. The van der Waals surface area contributed by atoms with Gasteiger partial charge in [-0.2, -0.15) is 0 Å². The molecule has 0 fully saturated rings. The molecule has 8 nitrogen and oxygen atoms in total. The summed E-state index contributed by atoms with van der Waals surface area (Å²) in [5, 5.41) is 8.59. The predicted molar refractivity (Wildman–Crippen MR) is 112 cm³/mol. The number of nitrogens with zero attached hydrogens (tertiary/aromatic N) is 7. The zero-order chi connectivity index (χ0) is 20.9. The first-order valence-corrected chi connectivity index (χ1v) is 9.58. The lowest BCUT2D eigenvalue weighted by molar-refractivity contribution is -0.122. The lowest BCUT2D eigenvalue weighted by Crippen LogP contribution is -2.33. The number of rotatable bonds is 3. The SMILES string of the molecule is Cc1ccc(N2C(=O)C(C)(C)C(c3ncccn3)=C2c2nnn3cccnc23)cc1. The normalized spacial score (nSPS) is 16.0. The number of amides is 1. The number of carbonyl (C=O) groups excluding carboxylic acids is 1. The van der Waals surface area contributed by atoms with Gasteiger partial charge in [0.25, 0.3) is 0 Å². The fourth-order valence-electron chi connectivity index (χ4n) is 3.77. The van der Waals surface area contributed by atoms with Crippen molar-refractivity contribution in [3.8, 4) is 0 Å². The monoisotopic (exact) mass is 397 g/mol. The summed E-state index contributed by atoms with van der Waals surface area (Å²) in [5.74, 6) is 0.401. The number of anilines is 1. The minimum atomic E-state index is -0.869. The summed E-state index contributed by atoms with van der Waals surface area (Å²) in [6.45, 7) is 5.78. The van der Waals surface area contributed by atoms with Gasteiger partial charge in [0, 0.05) is 36.0 Å². The lowest BCUT2D eigenvalue weighted by atomic mass is 9.84. The number of aryl methyl sites for hydroxylation is 1. The molecule has 0 saturated carbocycles. The maximum absolute atomic E-state index is 13.7. The van der Waals surface area contributed by atoms with Crippen molar-refractivity contribution in [2.45, 2.75) is 20.8 Å². The minimum absolute atomic E-state index is 0.0825. The van der Waals surface area contributed by atoms with Gasteiger partial charge in [-0.05, 0) is 45.0 Å². The Morgan fingerprint density at radius 1 is 0.933 bits per heavy atom. The van der Waals surface area contributed by atoms with Gasteiger partial charge >= 0.3 is 0 Å². The number of fused-ring (bicyclic) bond motifs is 1. The molecule has 5 rings (SSSR count). The van der Waals surface area contributed by atoms with Crippen LogP contribution in [0.5, 0.6) is 0 Å². The molecule has 0 bridgehead atoms. The van der Waals surface area contributed by atoms with E-state index >= 15 is 0 Å². The van der Waals surface area contributed by atoms with Crippen molar-refractivity contribution in [2.24, 2.45) is 5.41 Å². The fraction of sp³-hybridized carbons (Fsp3) is 0.182. The van der Waals surface area contributed by atoms with Gasteiger partial charge in [0.05, 0.1) is 11.1 Å². The highest BCUT2D eigenvalue weighted by Gasteiger charge is 2.50. The van der Waals surface area contributed by atoms with E-state index in [1.54, 1.807) is 46.3 Å². The van der Waals surface area contributed by atoms with Gasteiger partial charge in [-0.15, -0.1) is 5.10 Å². The van der Waals surface area contributed by atoms with Gasteiger partial charge in [0.15, 0.2) is 17.2 Å². The average molecular weight is 397 g/mol. The highest BCUT2D eigenvalue weighted by molar-refractivity contribution is 6.25. The summed E-state index contributed by atoms with van der Waals surface area (Å²) >= 11 is 0. The average Bonchev–Trinajstić information content (AvgIpc) is 3.26. The first-order chi connectivity index (χ1) is 14.5. The molecule has 0 unspecified atom stereocenters. The predicted octanol–water partition coefficient (Wildman–Crippen LogP) is 3.16. The van der Waals surface area contributed by atoms with Gasteiger partial charge < -0.3 is 0 Å². The Bertz CT molecular complexity index is 1290. The molecule has 30 heavy (non-hydrogen) atoms. The van der Waals surface area contributed by atoms with Gasteiger partial charge in [-0.25, -0.2) is 19.5 Å². The number of benzene rings is 1. The molecule has 0 spiro atoms. The second kappa shape index (κ2) is 6.55. The van der Waals surface area contributed by atoms with E-state index in [-0.39, 0.29) is 5.91 Å². The van der Waals surface area contributed by atoms with E-state index in [4.69, 9.17) is 0 Å². The maximum Gasteiger partial charge on any atom is 0.241 e. The van der Waals surface area contributed by atoms with E-state index < -0.39 is 5.41 Å². The van der Waals surface area contributed by atoms with Gasteiger partial charge in [-0.3, -0.25) is 9.69 Å². The second-order valence-corrected chi connectivity index (χ2v) is 7.72. The van der Waals surface area contributed by atoms with E-state index in [1.165, 1.54) is 0 Å². The quantitative estimate of drug-likeness (QED) is 0.528. The van der Waals surface area contributed by atoms with Crippen LogP contribution in [0.1, 0.15) is 30.9 Å². The van der Waals surface area contributed by atoms with Crippen molar-refractivity contribution in [1.29, 1.82) is 0 Å². The number of hydrogen-bond acceptors (Lipinski definition) is 6. The van der Waals surface area contributed by atoms with Gasteiger partial charge in [-0.1, -0.05) is 22.9 Å². The van der Waals surface area contributed by atoms with Crippen LogP contribution in [0, 0.1) is 12.3 Å². The van der Waals surface area contributed by atoms with Crippen molar-refractivity contribution < 1.29 is 4.79 Å². The number of aromatic nitrogens is 6. The van der Waals surface area contributed by atoms with E-state index in [0.717, 1.165) is 11.3 Å². The van der Waals surface area contributed by atoms with Crippen molar-refractivity contribution in [1.82, 2.24) is 29.8 Å². The van der Waals surface area contributed by atoms with Crippen LogP contribution in [0.25, 0.3) is 16.9 Å². The van der Waals surface area contributed by atoms with Gasteiger partial charge in [0.2, 0.25) is 5.91 Å². The van der Waals surface area contributed by atoms with Gasteiger partial charge in [0.1, 0.15) is 0 Å². The molecule has 148 valence electrons. The third-order valence-electron chi connectivity index (χ3n) is 5.31. The molecule has 3 aromatic heterocycles. The lowest BCUT2D eigenvalue weighted by Gasteiger charge is -2.22. The smallest absolute Gasteiger partial charge is 0.241 e. The number of carbonyl (C=O) groups is 1. The van der Waals surface area contributed by atoms with E-state index in [2.05, 4.69) is 25.3 Å². The molecule has 1 aliphatic heterocycles. The Hall–Kier alpha value is -3.94. The molecule has 8 heteroatoms. The molecule has 0 radical (unpaired) electrons. The van der Waals surface area contributed by atoms with Crippen molar-refractivity contribution in [3.05, 3.63) is 78.3 Å². The molecule has 4 heterocycles. The highest BCUT2D eigenvalue weighted by atomic mass is 16.2. The first kappa shape index (κ1) is 18.1. The van der Waals surface area contributed by atoms with Crippen molar-refractivity contribution in [3.63, 3.8) is 0 Å². The summed E-state index contributed by atoms with van der Waals surface area (Å²) in [6, 6.07) is 11.3. The van der Waals surface area contributed by atoms with Crippen LogP contribution in [-0.2, 0) is 4.79 Å². The third kappa shape index (κ3) is 2.61.